The molecule has 4 aliphatic carbocycles. The van der Waals surface area contributed by atoms with Gasteiger partial charge in [0.2, 0.25) is 0 Å². The molecule has 0 N–H and O–H groups in total. The lowest BCUT2D eigenvalue weighted by molar-refractivity contribution is -0.147. The highest BCUT2D eigenvalue weighted by molar-refractivity contribution is 5.66. The zero-order valence-electron chi connectivity index (χ0n) is 16.6. The van der Waals surface area contributed by atoms with Crippen molar-refractivity contribution >= 4 is 5.97 Å². The summed E-state index contributed by atoms with van der Waals surface area (Å²) in [5, 5.41) is 0. The molecule has 4 fully saturated rings. The van der Waals surface area contributed by atoms with Crippen molar-refractivity contribution < 1.29 is 14.3 Å². The van der Waals surface area contributed by atoms with Gasteiger partial charge in [-0.1, -0.05) is 50.5 Å². The van der Waals surface area contributed by atoms with E-state index in [9.17, 15) is 4.79 Å². The Morgan fingerprint density at radius 2 is 2.04 bits per heavy atom. The number of rotatable bonds is 2. The lowest BCUT2D eigenvalue weighted by Crippen LogP contribution is -2.50. The van der Waals surface area contributed by atoms with Gasteiger partial charge in [0.25, 0.3) is 0 Å². The lowest BCUT2D eigenvalue weighted by Gasteiger charge is -2.53. The van der Waals surface area contributed by atoms with Crippen molar-refractivity contribution in [2.24, 2.45) is 28.6 Å². The third kappa shape index (κ3) is 2.07. The summed E-state index contributed by atoms with van der Waals surface area (Å²) in [7, 11) is 0. The third-order valence-corrected chi connectivity index (χ3v) is 8.92. The van der Waals surface area contributed by atoms with E-state index in [4.69, 9.17) is 9.47 Å². The number of carbonyl (C=O) groups is 1. The van der Waals surface area contributed by atoms with Crippen molar-refractivity contribution in [1.29, 1.82) is 0 Å². The Morgan fingerprint density at radius 3 is 2.77 bits per heavy atom. The number of ether oxygens (including phenoxy) is 2. The minimum atomic E-state index is -0.189. The third-order valence-electron chi connectivity index (χ3n) is 8.92. The standard InChI is InChI=1S/C23H32O3/c1-5-14-7-9-17-16-8-6-15-12-19(25-13(2)24)20-21(26-20)23(15,4)18(16)10-11-22(14,17)3/h6,8,14,17-21H,5,7,9-12H2,1-4H3/t14-,17-,18-,19+,20-,21?,22+,23-/m0/s1. The van der Waals surface area contributed by atoms with E-state index in [2.05, 4.69) is 32.9 Å². The van der Waals surface area contributed by atoms with Gasteiger partial charge in [-0.2, -0.15) is 0 Å². The highest BCUT2D eigenvalue weighted by Gasteiger charge is 2.67. The minimum Gasteiger partial charge on any atom is -0.459 e. The number of fused-ring (bicyclic) bond motifs is 7. The molecule has 0 aromatic rings. The SMILES string of the molecule is CC[C@H]1CC[C@H]2C3=CC=C4C[C@@H](OC(C)=O)[C@@H]5OC5[C@]4(C)[C@H]3CC[C@]12C. The van der Waals surface area contributed by atoms with Gasteiger partial charge in [0.1, 0.15) is 12.2 Å². The van der Waals surface area contributed by atoms with Gasteiger partial charge in [0.05, 0.1) is 6.10 Å². The van der Waals surface area contributed by atoms with Gasteiger partial charge in [0, 0.05) is 18.8 Å². The first-order valence-corrected chi connectivity index (χ1v) is 10.6. The predicted octanol–water partition coefficient (Wildman–Crippen LogP) is 4.81. The van der Waals surface area contributed by atoms with Gasteiger partial charge in [-0.15, -0.1) is 0 Å². The maximum atomic E-state index is 11.5. The molecule has 1 aliphatic heterocycles. The summed E-state index contributed by atoms with van der Waals surface area (Å²) in [5.74, 6) is 2.07. The van der Waals surface area contributed by atoms with E-state index in [1.54, 1.807) is 5.57 Å². The quantitative estimate of drug-likeness (QED) is 0.526. The average molecular weight is 357 g/mol. The van der Waals surface area contributed by atoms with E-state index in [1.165, 1.54) is 44.6 Å². The topological polar surface area (TPSA) is 38.8 Å². The molecule has 26 heavy (non-hydrogen) atoms. The minimum absolute atomic E-state index is 0.0865. The van der Waals surface area contributed by atoms with E-state index in [0.717, 1.165) is 18.3 Å². The second-order valence-electron chi connectivity index (χ2n) is 9.85. The Hall–Kier alpha value is -1.09. The van der Waals surface area contributed by atoms with Crippen LogP contribution < -0.4 is 0 Å². The summed E-state index contributed by atoms with van der Waals surface area (Å²) in [6, 6.07) is 0. The first-order chi connectivity index (χ1) is 12.4. The lowest BCUT2D eigenvalue weighted by atomic mass is 9.50. The molecule has 8 atom stereocenters. The summed E-state index contributed by atoms with van der Waals surface area (Å²) in [4.78, 5) is 11.5. The van der Waals surface area contributed by atoms with Gasteiger partial charge in [0.15, 0.2) is 0 Å². The van der Waals surface area contributed by atoms with E-state index >= 15 is 0 Å². The van der Waals surface area contributed by atoms with Crippen LogP contribution in [0.15, 0.2) is 23.3 Å². The number of allylic oxidation sites excluding steroid dienone is 3. The van der Waals surface area contributed by atoms with Gasteiger partial charge < -0.3 is 9.47 Å². The Balaban J connectivity index is 1.49. The molecule has 0 spiro atoms. The molecule has 5 aliphatic rings. The van der Waals surface area contributed by atoms with Gasteiger partial charge in [-0.3, -0.25) is 4.79 Å². The maximum Gasteiger partial charge on any atom is 0.303 e. The van der Waals surface area contributed by atoms with Crippen molar-refractivity contribution in [2.75, 3.05) is 0 Å². The van der Waals surface area contributed by atoms with Crippen molar-refractivity contribution in [3.8, 4) is 0 Å². The highest BCUT2D eigenvalue weighted by atomic mass is 16.6. The van der Waals surface area contributed by atoms with Crippen LogP contribution in [-0.4, -0.2) is 24.3 Å². The monoisotopic (exact) mass is 356 g/mol. The first-order valence-electron chi connectivity index (χ1n) is 10.6. The van der Waals surface area contributed by atoms with E-state index in [1.807, 2.05) is 0 Å². The van der Waals surface area contributed by atoms with Crippen LogP contribution in [-0.2, 0) is 14.3 Å². The molecule has 1 saturated heterocycles. The van der Waals surface area contributed by atoms with Crippen LogP contribution in [0.5, 0.6) is 0 Å². The second kappa shape index (κ2) is 5.47. The number of hydrogen-bond acceptors (Lipinski definition) is 3. The molecule has 0 aromatic carbocycles. The number of epoxide rings is 1. The molecule has 142 valence electrons. The van der Waals surface area contributed by atoms with E-state index in [0.29, 0.717) is 11.3 Å². The fourth-order valence-corrected chi connectivity index (χ4v) is 7.46. The fourth-order valence-electron chi connectivity index (χ4n) is 7.46. The van der Waals surface area contributed by atoms with Crippen LogP contribution in [0, 0.1) is 28.6 Å². The summed E-state index contributed by atoms with van der Waals surface area (Å²) < 4.78 is 11.7. The van der Waals surface area contributed by atoms with Crippen LogP contribution >= 0.6 is 0 Å². The predicted molar refractivity (Wildman–Crippen MR) is 100 cm³/mol. The summed E-state index contributed by atoms with van der Waals surface area (Å²) >= 11 is 0. The number of hydrogen-bond donors (Lipinski definition) is 0. The summed E-state index contributed by atoms with van der Waals surface area (Å²) in [5.41, 5.74) is 3.76. The van der Waals surface area contributed by atoms with Crippen molar-refractivity contribution in [3.63, 3.8) is 0 Å². The Morgan fingerprint density at radius 1 is 1.23 bits per heavy atom. The molecule has 3 heteroatoms. The molecular weight excluding hydrogens is 324 g/mol. The Bertz CT molecular complexity index is 706. The molecule has 1 unspecified atom stereocenters. The molecule has 0 aromatic heterocycles. The normalized spacial score (nSPS) is 51.2. The Labute approximate surface area is 157 Å². The fraction of sp³-hybridized carbons (Fsp3) is 0.783. The molecule has 0 bridgehead atoms. The second-order valence-corrected chi connectivity index (χ2v) is 9.85. The van der Waals surface area contributed by atoms with Gasteiger partial charge in [-0.25, -0.2) is 0 Å². The van der Waals surface area contributed by atoms with Crippen molar-refractivity contribution in [1.82, 2.24) is 0 Å². The molecule has 3 nitrogen and oxygen atoms in total. The van der Waals surface area contributed by atoms with Crippen molar-refractivity contribution in [2.45, 2.75) is 84.5 Å². The van der Waals surface area contributed by atoms with Crippen LogP contribution in [0.2, 0.25) is 0 Å². The van der Waals surface area contributed by atoms with Crippen LogP contribution in [0.3, 0.4) is 0 Å². The molecular formula is C23H32O3. The molecule has 1 heterocycles. The molecule has 0 radical (unpaired) electrons. The van der Waals surface area contributed by atoms with Crippen molar-refractivity contribution in [3.05, 3.63) is 23.3 Å². The zero-order valence-corrected chi connectivity index (χ0v) is 16.6. The molecule has 3 saturated carbocycles. The van der Waals surface area contributed by atoms with E-state index in [-0.39, 0.29) is 29.7 Å². The zero-order chi connectivity index (χ0) is 18.3. The number of carbonyl (C=O) groups excluding carboxylic acids is 1. The average Bonchev–Trinajstić information content (AvgIpc) is 3.33. The molecule has 0 amide bonds. The molecule has 5 rings (SSSR count). The van der Waals surface area contributed by atoms with Gasteiger partial charge in [-0.05, 0) is 48.9 Å². The summed E-state index contributed by atoms with van der Waals surface area (Å²) in [6.45, 7) is 8.87. The Kier molecular flexibility index (Phi) is 3.58. The van der Waals surface area contributed by atoms with Crippen LogP contribution in [0.4, 0.5) is 0 Å². The first kappa shape index (κ1) is 17.0. The number of esters is 1. The smallest absolute Gasteiger partial charge is 0.303 e. The highest BCUT2D eigenvalue weighted by Crippen LogP contribution is 2.67. The van der Waals surface area contributed by atoms with E-state index < -0.39 is 0 Å². The summed E-state index contributed by atoms with van der Waals surface area (Å²) in [6.07, 6.45) is 12.6. The van der Waals surface area contributed by atoms with Crippen LogP contribution in [0.1, 0.15) is 66.2 Å². The van der Waals surface area contributed by atoms with Crippen LogP contribution in [0.25, 0.3) is 0 Å². The van der Waals surface area contributed by atoms with Gasteiger partial charge >= 0.3 is 5.97 Å². The largest absolute Gasteiger partial charge is 0.459 e. The maximum absolute atomic E-state index is 11.5.